The molecule has 174 valence electrons. The van der Waals surface area contributed by atoms with Crippen LogP contribution in [0.15, 0.2) is 35.5 Å². The largest absolute Gasteiger partial charge is 0.418 e. The fourth-order valence-corrected chi connectivity index (χ4v) is 4.45. The van der Waals surface area contributed by atoms with Crippen LogP contribution in [-0.4, -0.2) is 38.2 Å². The molecule has 0 atom stereocenters. The van der Waals surface area contributed by atoms with Gasteiger partial charge in [0.2, 0.25) is 5.95 Å². The number of pyridine rings is 1. The van der Waals surface area contributed by atoms with Gasteiger partial charge in [-0.25, -0.2) is 9.97 Å². The smallest absolute Gasteiger partial charge is 0.351 e. The summed E-state index contributed by atoms with van der Waals surface area (Å²) in [4.78, 5) is 35.7. The molecule has 2 aromatic heterocycles. The van der Waals surface area contributed by atoms with Crippen molar-refractivity contribution >= 4 is 34.9 Å². The number of alkyl halides is 3. The number of hydrogen-bond donors (Lipinski definition) is 3. The van der Waals surface area contributed by atoms with Gasteiger partial charge in [0.1, 0.15) is 0 Å². The van der Waals surface area contributed by atoms with E-state index in [-0.39, 0.29) is 29.2 Å². The Morgan fingerprint density at radius 2 is 1.85 bits per heavy atom. The first-order valence-corrected chi connectivity index (χ1v) is 11.2. The van der Waals surface area contributed by atoms with Crippen LogP contribution in [0.5, 0.6) is 0 Å². The third-order valence-electron chi connectivity index (χ3n) is 5.41. The summed E-state index contributed by atoms with van der Waals surface area (Å²) in [5, 5.41) is 8.25. The average Bonchev–Trinajstić information content (AvgIpc) is 3.09. The van der Waals surface area contributed by atoms with Crippen molar-refractivity contribution in [3.8, 4) is 0 Å². The zero-order valence-corrected chi connectivity index (χ0v) is 18.2. The highest BCUT2D eigenvalue weighted by molar-refractivity contribution is 8.18. The molecule has 0 aromatic carbocycles. The van der Waals surface area contributed by atoms with Crippen LogP contribution in [0.3, 0.4) is 0 Å². The molecule has 3 N–H and O–H groups in total. The molecule has 1 aliphatic heterocycles. The number of anilines is 1. The number of amides is 2. The third kappa shape index (κ3) is 6.08. The first-order chi connectivity index (χ1) is 15.8. The normalized spacial score (nSPS) is 22.5. The second kappa shape index (κ2) is 9.87. The zero-order chi connectivity index (χ0) is 23.4. The number of hydrogen-bond acceptors (Lipinski definition) is 8. The van der Waals surface area contributed by atoms with Gasteiger partial charge in [0, 0.05) is 31.0 Å². The maximum Gasteiger partial charge on any atom is 0.418 e. The van der Waals surface area contributed by atoms with Gasteiger partial charge in [-0.05, 0) is 61.7 Å². The van der Waals surface area contributed by atoms with Crippen LogP contribution in [0.25, 0.3) is 6.08 Å². The van der Waals surface area contributed by atoms with Crippen molar-refractivity contribution in [3.05, 3.63) is 52.4 Å². The Balaban J connectivity index is 1.29. The zero-order valence-electron chi connectivity index (χ0n) is 17.4. The highest BCUT2D eigenvalue weighted by atomic mass is 32.2. The summed E-state index contributed by atoms with van der Waals surface area (Å²) in [5.41, 5.74) is -0.205. The maximum atomic E-state index is 13.1. The Hall–Kier alpha value is -2.99. The number of imide groups is 1. The Bertz CT molecular complexity index is 1070. The molecule has 3 heterocycles. The lowest BCUT2D eigenvalue weighted by molar-refractivity contribution is -0.138. The number of rotatable bonds is 6. The van der Waals surface area contributed by atoms with E-state index in [1.807, 2.05) is 0 Å². The lowest BCUT2D eigenvalue weighted by Crippen LogP contribution is -2.37. The fraction of sp³-hybridized carbons (Fsp3) is 0.381. The first kappa shape index (κ1) is 23.2. The van der Waals surface area contributed by atoms with E-state index in [1.54, 1.807) is 12.3 Å². The number of carbonyl (C=O) groups is 2. The Kier molecular flexibility index (Phi) is 6.94. The molecule has 33 heavy (non-hydrogen) atoms. The van der Waals surface area contributed by atoms with Crippen molar-refractivity contribution in [1.82, 2.24) is 25.6 Å². The van der Waals surface area contributed by atoms with Crippen molar-refractivity contribution in [1.29, 1.82) is 0 Å². The minimum atomic E-state index is -4.42. The SMILES string of the molecule is O=C1NC(=O)C(=Cc2ccnc(NC3CCC(NCc4ncccc4C(F)(F)F)CC3)n2)S1. The lowest BCUT2D eigenvalue weighted by atomic mass is 9.91. The minimum absolute atomic E-state index is 0.000362. The van der Waals surface area contributed by atoms with E-state index in [2.05, 4.69) is 30.9 Å². The standard InChI is InChI=1S/C21H21F3N6O2S/c22-21(23,24)15-2-1-8-25-16(15)11-27-12-3-5-13(6-4-12)28-19-26-9-7-14(29-19)10-17-18(31)30-20(32)33-17/h1-2,7-10,12-13,27H,3-6,11H2,(H,26,28,29)(H,30,31,32). The van der Waals surface area contributed by atoms with E-state index in [4.69, 9.17) is 0 Å². The Morgan fingerprint density at radius 3 is 2.55 bits per heavy atom. The molecule has 0 bridgehead atoms. The van der Waals surface area contributed by atoms with Crippen molar-refractivity contribution in [3.63, 3.8) is 0 Å². The molecular weight excluding hydrogens is 457 g/mol. The van der Waals surface area contributed by atoms with Crippen LogP contribution in [0, 0.1) is 0 Å². The lowest BCUT2D eigenvalue weighted by Gasteiger charge is -2.30. The van der Waals surface area contributed by atoms with Gasteiger partial charge in [0.05, 0.1) is 21.9 Å². The molecule has 12 heteroatoms. The molecule has 1 saturated heterocycles. The molecule has 1 aliphatic carbocycles. The monoisotopic (exact) mass is 478 g/mol. The second-order valence-electron chi connectivity index (χ2n) is 7.73. The summed E-state index contributed by atoms with van der Waals surface area (Å²) >= 11 is 0.822. The van der Waals surface area contributed by atoms with Gasteiger partial charge < -0.3 is 10.6 Å². The van der Waals surface area contributed by atoms with Crippen molar-refractivity contribution < 1.29 is 22.8 Å². The van der Waals surface area contributed by atoms with Gasteiger partial charge in [-0.1, -0.05) is 0 Å². The Morgan fingerprint density at radius 1 is 1.09 bits per heavy atom. The topological polar surface area (TPSA) is 109 Å². The molecule has 2 amide bonds. The average molecular weight is 479 g/mol. The first-order valence-electron chi connectivity index (χ1n) is 10.4. The molecule has 0 spiro atoms. The summed E-state index contributed by atoms with van der Waals surface area (Å²) in [6.45, 7) is 0.0619. The van der Waals surface area contributed by atoms with Gasteiger partial charge in [0.15, 0.2) is 0 Å². The maximum absolute atomic E-state index is 13.1. The summed E-state index contributed by atoms with van der Waals surface area (Å²) in [6, 6.07) is 4.20. The number of aromatic nitrogens is 3. The summed E-state index contributed by atoms with van der Waals surface area (Å²) in [6.07, 6.45) is 3.22. The van der Waals surface area contributed by atoms with Gasteiger partial charge >= 0.3 is 6.18 Å². The van der Waals surface area contributed by atoms with E-state index in [9.17, 15) is 22.8 Å². The van der Waals surface area contributed by atoms with Gasteiger partial charge in [0.25, 0.3) is 11.1 Å². The Labute approximate surface area is 191 Å². The van der Waals surface area contributed by atoms with Crippen LogP contribution in [0.4, 0.5) is 23.9 Å². The number of halogens is 3. The predicted octanol–water partition coefficient (Wildman–Crippen LogP) is 3.73. The van der Waals surface area contributed by atoms with Crippen LogP contribution in [0.1, 0.15) is 42.6 Å². The van der Waals surface area contributed by atoms with Crippen LogP contribution >= 0.6 is 11.8 Å². The van der Waals surface area contributed by atoms with E-state index < -0.39 is 22.9 Å². The number of nitrogens with one attached hydrogen (secondary N) is 3. The molecule has 4 rings (SSSR count). The minimum Gasteiger partial charge on any atom is -0.351 e. The van der Waals surface area contributed by atoms with Crippen molar-refractivity contribution in [2.24, 2.45) is 0 Å². The molecular formula is C21H21F3N6O2S. The van der Waals surface area contributed by atoms with Crippen molar-refractivity contribution in [2.75, 3.05) is 5.32 Å². The molecule has 1 saturated carbocycles. The number of carbonyl (C=O) groups excluding carboxylic acids is 2. The summed E-state index contributed by atoms with van der Waals surface area (Å²) in [7, 11) is 0. The van der Waals surface area contributed by atoms with Gasteiger partial charge in [-0.15, -0.1) is 0 Å². The molecule has 0 radical (unpaired) electrons. The predicted molar refractivity (Wildman–Crippen MR) is 117 cm³/mol. The van der Waals surface area contributed by atoms with Crippen LogP contribution < -0.4 is 16.0 Å². The fourth-order valence-electron chi connectivity index (χ4n) is 3.78. The summed E-state index contributed by atoms with van der Waals surface area (Å²) in [5.74, 6) is -0.0317. The molecule has 2 aliphatic rings. The molecule has 2 fully saturated rings. The van der Waals surface area contributed by atoms with E-state index in [0.29, 0.717) is 11.6 Å². The van der Waals surface area contributed by atoms with Crippen LogP contribution in [-0.2, 0) is 17.5 Å². The molecule has 8 nitrogen and oxygen atoms in total. The number of nitrogens with zero attached hydrogens (tertiary/aromatic N) is 3. The number of thioether (sulfide) groups is 1. The van der Waals surface area contributed by atoms with E-state index >= 15 is 0 Å². The van der Waals surface area contributed by atoms with Crippen LogP contribution in [0.2, 0.25) is 0 Å². The van der Waals surface area contributed by atoms with E-state index in [1.165, 1.54) is 18.3 Å². The van der Waals surface area contributed by atoms with Crippen molar-refractivity contribution in [2.45, 2.75) is 50.5 Å². The molecule has 2 aromatic rings. The van der Waals surface area contributed by atoms with Gasteiger partial charge in [-0.2, -0.15) is 13.2 Å². The highest BCUT2D eigenvalue weighted by Crippen LogP contribution is 2.31. The van der Waals surface area contributed by atoms with Gasteiger partial charge in [-0.3, -0.25) is 19.9 Å². The van der Waals surface area contributed by atoms with E-state index in [0.717, 1.165) is 43.5 Å². The molecule has 0 unspecified atom stereocenters. The summed E-state index contributed by atoms with van der Waals surface area (Å²) < 4.78 is 39.4. The quantitative estimate of drug-likeness (QED) is 0.539. The third-order valence-corrected chi connectivity index (χ3v) is 6.22. The second-order valence-corrected chi connectivity index (χ2v) is 8.74. The highest BCUT2D eigenvalue weighted by Gasteiger charge is 2.34.